The second-order valence-corrected chi connectivity index (χ2v) is 18.3. The van der Waals surface area contributed by atoms with E-state index < -0.39 is 0 Å². The molecule has 0 spiro atoms. The van der Waals surface area contributed by atoms with Crippen molar-refractivity contribution in [1.29, 1.82) is 0 Å². The molecule has 0 bridgehead atoms. The molecule has 1 fully saturated rings. The molecule has 0 aromatic rings. The number of carbonyl (C=O) groups is 2. The molecule has 0 aromatic carbocycles. The van der Waals surface area contributed by atoms with Crippen LogP contribution in [-0.2, 0) is 28.5 Å². The highest BCUT2D eigenvalue weighted by Crippen LogP contribution is 2.22. The molecule has 0 radical (unpaired) electrons. The Hall–Kier alpha value is -1.18. The van der Waals surface area contributed by atoms with Crippen molar-refractivity contribution >= 4 is 12.9 Å². The lowest BCUT2D eigenvalue weighted by atomic mass is 9.92. The highest BCUT2D eigenvalue weighted by Gasteiger charge is 2.13. The second kappa shape index (κ2) is 55.0. The molecular weight excluding hydrogens is 759 g/mol. The number of unbranched alkanes of at least 4 members (excludes halogenated alkanes) is 20. The van der Waals surface area contributed by atoms with Gasteiger partial charge in [-0.2, -0.15) is 0 Å². The van der Waals surface area contributed by atoms with Gasteiger partial charge in [0.15, 0.2) is 0 Å². The van der Waals surface area contributed by atoms with Crippen LogP contribution in [0.4, 0.5) is 0 Å². The Morgan fingerprint density at radius 1 is 0.410 bits per heavy atom. The van der Waals surface area contributed by atoms with E-state index in [9.17, 15) is 9.59 Å². The minimum atomic E-state index is 0.506. The summed E-state index contributed by atoms with van der Waals surface area (Å²) in [6, 6.07) is 0. The smallest absolute Gasteiger partial charge is 0.293 e. The maximum atomic E-state index is 10.1. The molecule has 1 aliphatic heterocycles. The van der Waals surface area contributed by atoms with E-state index in [1.165, 1.54) is 218 Å². The summed E-state index contributed by atoms with van der Waals surface area (Å²) in [6.07, 6.45) is 46.9. The van der Waals surface area contributed by atoms with Gasteiger partial charge in [-0.15, -0.1) is 0 Å². The molecule has 7 heteroatoms. The van der Waals surface area contributed by atoms with Crippen molar-refractivity contribution in [2.75, 3.05) is 52.7 Å². The van der Waals surface area contributed by atoms with Gasteiger partial charge in [0.1, 0.15) is 0 Å². The first kappa shape index (κ1) is 61.9. The summed E-state index contributed by atoms with van der Waals surface area (Å²) in [5.74, 6) is 1.52. The van der Waals surface area contributed by atoms with E-state index in [4.69, 9.17) is 18.9 Å². The van der Waals surface area contributed by atoms with Gasteiger partial charge in [0.2, 0.25) is 0 Å². The molecule has 0 N–H and O–H groups in total. The van der Waals surface area contributed by atoms with Crippen molar-refractivity contribution in [3.8, 4) is 0 Å². The zero-order valence-corrected chi connectivity index (χ0v) is 42.2. The van der Waals surface area contributed by atoms with Crippen LogP contribution in [0, 0.1) is 11.8 Å². The summed E-state index contributed by atoms with van der Waals surface area (Å²) < 4.78 is 21.4. The number of hydrogen-bond donors (Lipinski definition) is 0. The molecule has 1 rings (SSSR count). The van der Waals surface area contributed by atoms with Crippen LogP contribution in [0.25, 0.3) is 0 Å². The van der Waals surface area contributed by atoms with Crippen molar-refractivity contribution in [2.24, 2.45) is 11.8 Å². The molecule has 0 unspecified atom stereocenters. The number of ether oxygens (including phenoxy) is 4. The third-order valence-electron chi connectivity index (χ3n) is 12.6. The van der Waals surface area contributed by atoms with E-state index in [2.05, 4.69) is 46.4 Å². The van der Waals surface area contributed by atoms with Crippen molar-refractivity contribution in [2.45, 2.75) is 272 Å². The number of rotatable bonds is 45. The predicted molar refractivity (Wildman–Crippen MR) is 264 cm³/mol. The molecule has 0 aromatic heterocycles. The Morgan fingerprint density at radius 2 is 0.738 bits per heavy atom. The highest BCUT2D eigenvalue weighted by molar-refractivity contribution is 5.37. The first-order chi connectivity index (χ1) is 30.1. The summed E-state index contributed by atoms with van der Waals surface area (Å²) in [6.45, 7) is 22.0. The first-order valence-corrected chi connectivity index (χ1v) is 27.1. The van der Waals surface area contributed by atoms with Crippen LogP contribution < -0.4 is 0 Å². The second-order valence-electron chi connectivity index (χ2n) is 18.3. The normalized spacial score (nSPS) is 12.9. The van der Waals surface area contributed by atoms with Gasteiger partial charge in [0.25, 0.3) is 12.9 Å². The fraction of sp³-hybridized carbons (Fsp3) is 0.963. The summed E-state index contributed by atoms with van der Waals surface area (Å²) in [5, 5.41) is 0. The van der Waals surface area contributed by atoms with Crippen molar-refractivity contribution in [1.82, 2.24) is 4.90 Å². The standard InChI is InChI=1S/C26H53NO2.2C14H28O2/c1-3-5-7-9-11-13-15-18-26(19-16-14-12-10-8-6-4-2)29-23-17-20-27-21-24-28-25-22-27;2*1-3-5-7-9-14(10-8-6-4-2)11-12-16-13-15/h26H,3-25H2,1-2H3;2*13-14H,3-12H2,1-2H3. The molecule has 61 heavy (non-hydrogen) atoms. The molecule has 0 saturated carbocycles. The minimum Gasteiger partial charge on any atom is -0.468 e. The molecule has 1 saturated heterocycles. The molecule has 0 amide bonds. The lowest BCUT2D eigenvalue weighted by molar-refractivity contribution is -0.129. The molecular formula is C54H109NO6. The van der Waals surface area contributed by atoms with Gasteiger partial charge in [-0.1, -0.05) is 234 Å². The van der Waals surface area contributed by atoms with E-state index in [0.717, 1.165) is 57.6 Å². The molecule has 7 nitrogen and oxygen atoms in total. The molecule has 366 valence electrons. The zero-order valence-electron chi connectivity index (χ0n) is 42.2. The van der Waals surface area contributed by atoms with Crippen LogP contribution in [0.2, 0.25) is 0 Å². The average molecular weight is 868 g/mol. The summed E-state index contributed by atoms with van der Waals surface area (Å²) in [4.78, 5) is 22.7. The van der Waals surface area contributed by atoms with E-state index >= 15 is 0 Å². The van der Waals surface area contributed by atoms with Crippen LogP contribution in [0.1, 0.15) is 266 Å². The maximum absolute atomic E-state index is 10.1. The van der Waals surface area contributed by atoms with E-state index in [-0.39, 0.29) is 0 Å². The summed E-state index contributed by atoms with van der Waals surface area (Å²) in [5.41, 5.74) is 0. The third kappa shape index (κ3) is 49.7. The van der Waals surface area contributed by atoms with Gasteiger partial charge in [-0.3, -0.25) is 14.5 Å². The van der Waals surface area contributed by atoms with Crippen molar-refractivity contribution < 1.29 is 28.5 Å². The number of nitrogens with zero attached hydrogens (tertiary/aromatic N) is 1. The fourth-order valence-electron chi connectivity index (χ4n) is 8.50. The van der Waals surface area contributed by atoms with Gasteiger partial charge >= 0.3 is 0 Å². The third-order valence-corrected chi connectivity index (χ3v) is 12.6. The predicted octanol–water partition coefficient (Wildman–Crippen LogP) is 16.0. The van der Waals surface area contributed by atoms with Gasteiger partial charge in [-0.05, 0) is 43.9 Å². The average Bonchev–Trinajstić information content (AvgIpc) is 3.28. The van der Waals surface area contributed by atoms with Crippen molar-refractivity contribution in [3.63, 3.8) is 0 Å². The Balaban J connectivity index is 0. The molecule has 1 aliphatic rings. The monoisotopic (exact) mass is 868 g/mol. The van der Waals surface area contributed by atoms with E-state index in [0.29, 0.717) is 32.3 Å². The van der Waals surface area contributed by atoms with Crippen LogP contribution in [0.3, 0.4) is 0 Å². The van der Waals surface area contributed by atoms with E-state index in [1.54, 1.807) is 0 Å². The molecule has 0 atom stereocenters. The Morgan fingerprint density at radius 3 is 1.10 bits per heavy atom. The number of carbonyl (C=O) groups excluding carboxylic acids is 2. The molecule has 1 heterocycles. The SMILES string of the molecule is CCCCCC(CCCCC)CCOC=O.CCCCCC(CCCCC)CCOC=O.CCCCCCCCCC(CCCCCCCCC)OCCCN1CCOCC1. The maximum Gasteiger partial charge on any atom is 0.293 e. The highest BCUT2D eigenvalue weighted by atomic mass is 16.5. The quantitative estimate of drug-likeness (QED) is 0.0446. The van der Waals surface area contributed by atoms with Crippen LogP contribution in [-0.4, -0.2) is 76.6 Å². The summed E-state index contributed by atoms with van der Waals surface area (Å²) >= 11 is 0. The fourth-order valence-corrected chi connectivity index (χ4v) is 8.50. The van der Waals surface area contributed by atoms with Gasteiger partial charge in [0.05, 0.1) is 32.5 Å². The lowest BCUT2D eigenvalue weighted by Crippen LogP contribution is -2.37. The summed E-state index contributed by atoms with van der Waals surface area (Å²) in [7, 11) is 0. The van der Waals surface area contributed by atoms with Crippen LogP contribution in [0.15, 0.2) is 0 Å². The van der Waals surface area contributed by atoms with Gasteiger partial charge < -0.3 is 18.9 Å². The zero-order chi connectivity index (χ0) is 45.0. The van der Waals surface area contributed by atoms with Crippen LogP contribution >= 0.6 is 0 Å². The lowest BCUT2D eigenvalue weighted by Gasteiger charge is -2.26. The Bertz CT molecular complexity index is 736. The topological polar surface area (TPSA) is 74.3 Å². The van der Waals surface area contributed by atoms with Crippen LogP contribution in [0.5, 0.6) is 0 Å². The molecule has 0 aliphatic carbocycles. The van der Waals surface area contributed by atoms with Gasteiger partial charge in [0, 0.05) is 26.2 Å². The van der Waals surface area contributed by atoms with E-state index in [1.807, 2.05) is 0 Å². The Labute approximate surface area is 382 Å². The largest absolute Gasteiger partial charge is 0.468 e. The van der Waals surface area contributed by atoms with Crippen molar-refractivity contribution in [3.05, 3.63) is 0 Å². The Kier molecular flexibility index (Phi) is 55.8. The van der Waals surface area contributed by atoms with Gasteiger partial charge in [-0.25, -0.2) is 0 Å². The number of hydrogen-bond acceptors (Lipinski definition) is 7. The minimum absolute atomic E-state index is 0.506. The number of morpholine rings is 1. The first-order valence-electron chi connectivity index (χ1n) is 27.1.